The van der Waals surface area contributed by atoms with Gasteiger partial charge in [0.15, 0.2) is 0 Å². The molecule has 0 fully saturated rings. The van der Waals surface area contributed by atoms with E-state index in [4.69, 9.17) is 0 Å². The molecule has 0 atom stereocenters. The Kier molecular flexibility index (Phi) is 5.88. The second-order valence-electron chi connectivity index (χ2n) is 4.99. The van der Waals surface area contributed by atoms with E-state index in [2.05, 4.69) is 39.4 Å². The highest BCUT2D eigenvalue weighted by Gasteiger charge is 2.05. The van der Waals surface area contributed by atoms with Gasteiger partial charge in [0, 0.05) is 15.9 Å². The molecule has 2 aromatic rings. The number of benzene rings is 2. The van der Waals surface area contributed by atoms with Gasteiger partial charge in [-0.1, -0.05) is 45.8 Å². The van der Waals surface area contributed by atoms with Crippen LogP contribution in [0.2, 0.25) is 0 Å². The van der Waals surface area contributed by atoms with Gasteiger partial charge in [-0.25, -0.2) is 0 Å². The molecule has 2 rings (SSSR count). The fourth-order valence-electron chi connectivity index (χ4n) is 2.03. The summed E-state index contributed by atoms with van der Waals surface area (Å²) < 4.78 is 1.07. The minimum atomic E-state index is 0.0435. The Morgan fingerprint density at radius 3 is 2.71 bits per heavy atom. The highest BCUT2D eigenvalue weighted by atomic mass is 79.9. The molecule has 0 saturated heterocycles. The van der Waals surface area contributed by atoms with Crippen LogP contribution in [0.25, 0.3) is 0 Å². The minimum Gasteiger partial charge on any atom is -0.325 e. The second kappa shape index (κ2) is 7.66. The van der Waals surface area contributed by atoms with Gasteiger partial charge >= 0.3 is 0 Å². The summed E-state index contributed by atoms with van der Waals surface area (Å²) in [7, 11) is 0. The van der Waals surface area contributed by atoms with Gasteiger partial charge in [0.25, 0.3) is 0 Å². The number of amides is 1. The summed E-state index contributed by atoms with van der Waals surface area (Å²) >= 11 is 5.07. The van der Waals surface area contributed by atoms with Crippen LogP contribution in [-0.2, 0) is 10.5 Å². The smallest absolute Gasteiger partial charge is 0.234 e. The molecule has 0 bridgehead atoms. The van der Waals surface area contributed by atoms with E-state index < -0.39 is 0 Å². The first-order chi connectivity index (χ1) is 10.0. The van der Waals surface area contributed by atoms with Crippen LogP contribution in [0.1, 0.15) is 16.7 Å². The summed E-state index contributed by atoms with van der Waals surface area (Å²) in [6.07, 6.45) is 0. The number of anilines is 1. The van der Waals surface area contributed by atoms with Crippen LogP contribution in [0.15, 0.2) is 46.9 Å². The van der Waals surface area contributed by atoms with Crippen LogP contribution in [0.5, 0.6) is 0 Å². The van der Waals surface area contributed by atoms with Crippen molar-refractivity contribution in [1.82, 2.24) is 0 Å². The van der Waals surface area contributed by atoms with E-state index in [0.29, 0.717) is 5.75 Å². The van der Waals surface area contributed by atoms with Crippen molar-refractivity contribution >= 4 is 39.3 Å². The van der Waals surface area contributed by atoms with Crippen molar-refractivity contribution in [2.75, 3.05) is 11.1 Å². The quantitative estimate of drug-likeness (QED) is 0.814. The van der Waals surface area contributed by atoms with E-state index in [1.54, 1.807) is 11.8 Å². The number of nitrogens with one attached hydrogen (secondary N) is 1. The third kappa shape index (κ3) is 5.21. The molecule has 0 aliphatic rings. The van der Waals surface area contributed by atoms with Gasteiger partial charge in [0.2, 0.25) is 5.91 Å². The maximum absolute atomic E-state index is 12.0. The Balaban J connectivity index is 1.82. The predicted octanol–water partition coefficient (Wildman–Crippen LogP) is 4.94. The summed E-state index contributed by atoms with van der Waals surface area (Å²) in [5, 5.41) is 2.97. The van der Waals surface area contributed by atoms with Crippen LogP contribution < -0.4 is 5.32 Å². The molecule has 2 aromatic carbocycles. The number of thioether (sulfide) groups is 1. The molecule has 0 aliphatic heterocycles. The van der Waals surface area contributed by atoms with Crippen LogP contribution in [0.3, 0.4) is 0 Å². The molecule has 0 radical (unpaired) electrons. The Bertz CT molecular complexity index is 642. The molecule has 4 heteroatoms. The average molecular weight is 364 g/mol. The summed E-state index contributed by atoms with van der Waals surface area (Å²) in [4.78, 5) is 12.0. The molecular formula is C17H18BrNOS. The summed E-state index contributed by atoms with van der Waals surface area (Å²) in [6.45, 7) is 4.06. The first kappa shape index (κ1) is 16.1. The van der Waals surface area contributed by atoms with Crippen LogP contribution >= 0.6 is 27.7 Å². The number of halogens is 1. The van der Waals surface area contributed by atoms with Crippen LogP contribution in [0, 0.1) is 13.8 Å². The number of carbonyl (C=O) groups is 1. The van der Waals surface area contributed by atoms with Crippen molar-refractivity contribution in [2.45, 2.75) is 19.6 Å². The highest BCUT2D eigenvalue weighted by Crippen LogP contribution is 2.19. The lowest BCUT2D eigenvalue weighted by molar-refractivity contribution is -0.113. The molecule has 2 nitrogen and oxygen atoms in total. The standard InChI is InChI=1S/C17H18BrNOS/c1-12-6-7-16(13(2)8-12)19-17(20)11-21-10-14-4-3-5-15(18)9-14/h3-9H,10-11H2,1-2H3,(H,19,20). The average Bonchev–Trinajstić information content (AvgIpc) is 2.42. The zero-order valence-electron chi connectivity index (χ0n) is 12.2. The topological polar surface area (TPSA) is 29.1 Å². The van der Waals surface area contributed by atoms with Gasteiger partial charge in [-0.2, -0.15) is 0 Å². The molecule has 21 heavy (non-hydrogen) atoms. The Labute approximate surface area is 138 Å². The van der Waals surface area contributed by atoms with Gasteiger partial charge in [0.1, 0.15) is 0 Å². The van der Waals surface area contributed by atoms with Gasteiger partial charge in [-0.15, -0.1) is 11.8 Å². The third-order valence-corrected chi connectivity index (χ3v) is 4.54. The van der Waals surface area contributed by atoms with E-state index in [9.17, 15) is 4.79 Å². The highest BCUT2D eigenvalue weighted by molar-refractivity contribution is 9.10. The van der Waals surface area contributed by atoms with Gasteiger partial charge in [-0.05, 0) is 43.2 Å². The third-order valence-electron chi connectivity index (χ3n) is 3.05. The lowest BCUT2D eigenvalue weighted by atomic mass is 10.1. The molecule has 0 spiro atoms. The van der Waals surface area contributed by atoms with Gasteiger partial charge < -0.3 is 5.32 Å². The maximum Gasteiger partial charge on any atom is 0.234 e. The fraction of sp³-hybridized carbons (Fsp3) is 0.235. The zero-order valence-corrected chi connectivity index (χ0v) is 14.6. The van der Waals surface area contributed by atoms with E-state index in [-0.39, 0.29) is 5.91 Å². The predicted molar refractivity (Wildman–Crippen MR) is 94.8 cm³/mol. The van der Waals surface area contributed by atoms with Crippen molar-refractivity contribution in [3.63, 3.8) is 0 Å². The molecule has 1 N–H and O–H groups in total. The fourth-order valence-corrected chi connectivity index (χ4v) is 3.25. The largest absolute Gasteiger partial charge is 0.325 e. The van der Waals surface area contributed by atoms with E-state index in [1.807, 2.05) is 38.1 Å². The Hall–Kier alpha value is -1.26. The van der Waals surface area contributed by atoms with Gasteiger partial charge in [-0.3, -0.25) is 4.79 Å². The van der Waals surface area contributed by atoms with Crippen molar-refractivity contribution in [2.24, 2.45) is 0 Å². The van der Waals surface area contributed by atoms with Gasteiger partial charge in [0.05, 0.1) is 5.75 Å². The minimum absolute atomic E-state index is 0.0435. The molecule has 0 unspecified atom stereocenters. The molecule has 1 amide bonds. The Morgan fingerprint density at radius 2 is 2.00 bits per heavy atom. The van der Waals surface area contributed by atoms with E-state index in [0.717, 1.165) is 21.5 Å². The lowest BCUT2D eigenvalue weighted by Crippen LogP contribution is -2.15. The monoisotopic (exact) mass is 363 g/mol. The van der Waals surface area contributed by atoms with Crippen LogP contribution in [0.4, 0.5) is 5.69 Å². The number of aryl methyl sites for hydroxylation is 2. The van der Waals surface area contributed by atoms with Crippen molar-refractivity contribution in [3.05, 3.63) is 63.6 Å². The molecule has 0 saturated carbocycles. The molecule has 0 heterocycles. The number of carbonyl (C=O) groups excluding carboxylic acids is 1. The zero-order chi connectivity index (χ0) is 15.2. The van der Waals surface area contributed by atoms with Crippen molar-refractivity contribution in [1.29, 1.82) is 0 Å². The van der Waals surface area contributed by atoms with E-state index >= 15 is 0 Å². The van der Waals surface area contributed by atoms with Crippen molar-refractivity contribution < 1.29 is 4.79 Å². The maximum atomic E-state index is 12.0. The molecule has 0 aliphatic carbocycles. The molecule has 110 valence electrons. The normalized spacial score (nSPS) is 10.4. The molecule has 0 aromatic heterocycles. The van der Waals surface area contributed by atoms with Crippen LogP contribution in [-0.4, -0.2) is 11.7 Å². The first-order valence-electron chi connectivity index (χ1n) is 6.74. The first-order valence-corrected chi connectivity index (χ1v) is 8.68. The second-order valence-corrected chi connectivity index (χ2v) is 6.89. The summed E-state index contributed by atoms with van der Waals surface area (Å²) in [5.41, 5.74) is 4.41. The summed E-state index contributed by atoms with van der Waals surface area (Å²) in [5.74, 6) is 1.33. The SMILES string of the molecule is Cc1ccc(NC(=O)CSCc2cccc(Br)c2)c(C)c1. The van der Waals surface area contributed by atoms with Crippen molar-refractivity contribution in [3.8, 4) is 0 Å². The summed E-state index contributed by atoms with van der Waals surface area (Å²) in [6, 6.07) is 14.2. The lowest BCUT2D eigenvalue weighted by Gasteiger charge is -2.09. The number of hydrogen-bond donors (Lipinski definition) is 1. The molecular weight excluding hydrogens is 346 g/mol. The Morgan fingerprint density at radius 1 is 1.19 bits per heavy atom. The van der Waals surface area contributed by atoms with E-state index in [1.165, 1.54) is 11.1 Å². The number of rotatable bonds is 5. The number of hydrogen-bond acceptors (Lipinski definition) is 2.